The Hall–Kier alpha value is -3.97. The van der Waals surface area contributed by atoms with Crippen LogP contribution in [0.5, 0.6) is 11.5 Å². The predicted molar refractivity (Wildman–Crippen MR) is 177 cm³/mol. The van der Waals surface area contributed by atoms with Crippen molar-refractivity contribution < 1.29 is 37.6 Å². The van der Waals surface area contributed by atoms with Crippen molar-refractivity contribution in [2.24, 2.45) is 4.99 Å². The number of aliphatic hydroxyl groups is 2. The fraction of sp³-hybridized carbons (Fsp3) is 0.429. The minimum atomic E-state index is -3.81. The van der Waals surface area contributed by atoms with Gasteiger partial charge in [-0.3, -0.25) is 10.2 Å². The molecule has 2 aliphatic rings. The number of amides is 1. The van der Waals surface area contributed by atoms with Crippen LogP contribution in [0, 0.1) is 0 Å². The summed E-state index contributed by atoms with van der Waals surface area (Å²) in [5, 5.41) is 20.1. The summed E-state index contributed by atoms with van der Waals surface area (Å²) < 4.78 is 44.7. The molecular weight excluding hydrogens is 622 g/mol. The van der Waals surface area contributed by atoms with Gasteiger partial charge in [0.15, 0.2) is 21.5 Å². The molecule has 1 aliphatic heterocycles. The van der Waals surface area contributed by atoms with Gasteiger partial charge in [-0.15, -0.1) is 0 Å². The summed E-state index contributed by atoms with van der Waals surface area (Å²) in [5.41, 5.74) is 4.14. The van der Waals surface area contributed by atoms with Crippen LogP contribution in [-0.4, -0.2) is 74.2 Å². The van der Waals surface area contributed by atoms with Gasteiger partial charge in [0.25, 0.3) is 5.91 Å². The Labute approximate surface area is 275 Å². The van der Waals surface area contributed by atoms with Crippen LogP contribution in [0.15, 0.2) is 88.8 Å². The Bertz CT molecular complexity index is 1630. The van der Waals surface area contributed by atoms with E-state index >= 15 is 0 Å². The summed E-state index contributed by atoms with van der Waals surface area (Å²) in [6.07, 6.45) is 3.38. The SMILES string of the molecule is COc1cccc([C@@H]2OC(c3ccc(OCCCO)cc3)=N[C@]2(CCS(=O)(=O)c2ccccc2)C(=O)NNCC2(O)CCCCC2)c1. The molecule has 0 spiro atoms. The van der Waals surface area contributed by atoms with Crippen molar-refractivity contribution in [1.29, 1.82) is 0 Å². The first-order valence-corrected chi connectivity index (χ1v) is 17.6. The summed E-state index contributed by atoms with van der Waals surface area (Å²) >= 11 is 0. The van der Waals surface area contributed by atoms with Crippen molar-refractivity contribution in [3.63, 3.8) is 0 Å². The van der Waals surface area contributed by atoms with E-state index in [1.54, 1.807) is 66.7 Å². The fourth-order valence-electron chi connectivity index (χ4n) is 5.99. The van der Waals surface area contributed by atoms with E-state index in [2.05, 4.69) is 10.9 Å². The number of aliphatic hydroxyl groups excluding tert-OH is 1. The molecule has 1 saturated carbocycles. The number of methoxy groups -OCH3 is 1. The number of sulfone groups is 1. The maximum Gasteiger partial charge on any atom is 0.266 e. The van der Waals surface area contributed by atoms with E-state index < -0.39 is 33.0 Å². The zero-order valence-electron chi connectivity index (χ0n) is 26.6. The van der Waals surface area contributed by atoms with Gasteiger partial charge in [0, 0.05) is 31.6 Å². The third-order valence-corrected chi connectivity index (χ3v) is 10.4. The average molecular weight is 666 g/mol. The Morgan fingerprint density at radius 1 is 1.00 bits per heavy atom. The van der Waals surface area contributed by atoms with Crippen LogP contribution < -0.4 is 20.3 Å². The van der Waals surface area contributed by atoms with Gasteiger partial charge in [0.2, 0.25) is 5.90 Å². The monoisotopic (exact) mass is 665 g/mol. The van der Waals surface area contributed by atoms with Gasteiger partial charge in [-0.2, -0.15) is 0 Å². The van der Waals surface area contributed by atoms with Crippen molar-refractivity contribution in [2.75, 3.05) is 32.6 Å². The number of hydrazine groups is 1. The average Bonchev–Trinajstić information content (AvgIpc) is 3.49. The number of aliphatic imine (C=N–C) groups is 1. The standard InChI is InChI=1S/C35H43N3O8S/c1-44-29-11-8-10-27(24-29)31-35(20-23-47(42,43)30-12-4-2-5-13-30,33(40)38-36-25-34(41)18-6-3-7-19-34)37-32(46-31)26-14-16-28(17-15-26)45-22-9-21-39/h2,4-5,8,10-17,24,31,36,39,41H,3,6-7,9,18-23,25H2,1H3,(H,38,40)/t31-,35-/m0/s1. The van der Waals surface area contributed by atoms with Gasteiger partial charge < -0.3 is 24.4 Å². The lowest BCUT2D eigenvalue weighted by atomic mass is 9.84. The van der Waals surface area contributed by atoms with Crippen LogP contribution in [0.25, 0.3) is 0 Å². The van der Waals surface area contributed by atoms with Crippen LogP contribution in [0.1, 0.15) is 62.2 Å². The van der Waals surface area contributed by atoms with Crippen molar-refractivity contribution in [3.8, 4) is 11.5 Å². The van der Waals surface area contributed by atoms with E-state index in [0.29, 0.717) is 48.5 Å². The van der Waals surface area contributed by atoms with E-state index in [1.165, 1.54) is 19.2 Å². The maximum absolute atomic E-state index is 14.4. The summed E-state index contributed by atoms with van der Waals surface area (Å²) in [5.74, 6) is 0.317. The van der Waals surface area contributed by atoms with Gasteiger partial charge in [0.05, 0.1) is 30.0 Å². The first kappa shape index (κ1) is 34.4. The normalized spacial score (nSPS) is 20.6. The second-order valence-corrected chi connectivity index (χ2v) is 14.1. The molecule has 1 amide bonds. The number of nitrogens with zero attached hydrogens (tertiary/aromatic N) is 1. The molecule has 252 valence electrons. The highest BCUT2D eigenvalue weighted by molar-refractivity contribution is 7.91. The molecule has 11 nitrogen and oxygen atoms in total. The van der Waals surface area contributed by atoms with E-state index in [1.807, 2.05) is 0 Å². The minimum Gasteiger partial charge on any atom is -0.497 e. The van der Waals surface area contributed by atoms with Crippen LogP contribution in [0.2, 0.25) is 0 Å². The zero-order chi connectivity index (χ0) is 33.3. The molecule has 1 fully saturated rings. The Balaban J connectivity index is 1.51. The van der Waals surface area contributed by atoms with Gasteiger partial charge in [0.1, 0.15) is 11.5 Å². The van der Waals surface area contributed by atoms with Gasteiger partial charge >= 0.3 is 0 Å². The lowest BCUT2D eigenvalue weighted by Gasteiger charge is -2.34. The highest BCUT2D eigenvalue weighted by Gasteiger charge is 2.54. The second-order valence-electron chi connectivity index (χ2n) is 12.0. The number of carbonyl (C=O) groups is 1. The molecule has 5 rings (SSSR count). The molecule has 0 saturated heterocycles. The predicted octanol–water partition coefficient (Wildman–Crippen LogP) is 3.89. The van der Waals surface area contributed by atoms with E-state index in [-0.39, 0.29) is 36.1 Å². The van der Waals surface area contributed by atoms with E-state index in [9.17, 15) is 18.3 Å². The third kappa shape index (κ3) is 8.31. The summed E-state index contributed by atoms with van der Waals surface area (Å²) in [6.45, 7) is 0.509. The fourth-order valence-corrected chi connectivity index (χ4v) is 7.38. The molecule has 4 N–H and O–H groups in total. The Morgan fingerprint density at radius 2 is 1.74 bits per heavy atom. The smallest absolute Gasteiger partial charge is 0.266 e. The van der Waals surface area contributed by atoms with Crippen LogP contribution in [0.3, 0.4) is 0 Å². The largest absolute Gasteiger partial charge is 0.497 e. The number of rotatable bonds is 15. The van der Waals surface area contributed by atoms with Crippen molar-refractivity contribution in [2.45, 2.75) is 67.1 Å². The first-order valence-electron chi connectivity index (χ1n) is 16.0. The minimum absolute atomic E-state index is 0.0205. The van der Waals surface area contributed by atoms with Gasteiger partial charge in [-0.25, -0.2) is 18.8 Å². The van der Waals surface area contributed by atoms with Crippen molar-refractivity contribution in [3.05, 3.63) is 90.0 Å². The highest BCUT2D eigenvalue weighted by atomic mass is 32.2. The molecular formula is C35H43N3O8S. The molecule has 0 bridgehead atoms. The topological polar surface area (TPSA) is 156 Å². The van der Waals surface area contributed by atoms with Crippen LogP contribution in [0.4, 0.5) is 0 Å². The number of carbonyl (C=O) groups excluding carboxylic acids is 1. The lowest BCUT2D eigenvalue weighted by molar-refractivity contribution is -0.130. The molecule has 3 aromatic carbocycles. The lowest BCUT2D eigenvalue weighted by Crippen LogP contribution is -2.56. The molecule has 1 aliphatic carbocycles. The number of hydrogen-bond donors (Lipinski definition) is 4. The molecule has 2 atom stereocenters. The maximum atomic E-state index is 14.4. The van der Waals surface area contributed by atoms with E-state index in [0.717, 1.165) is 19.3 Å². The summed E-state index contributed by atoms with van der Waals surface area (Å²) in [6, 6.07) is 22.2. The Morgan fingerprint density at radius 3 is 2.45 bits per heavy atom. The Kier molecular flexibility index (Phi) is 11.2. The zero-order valence-corrected chi connectivity index (χ0v) is 27.4. The second kappa shape index (κ2) is 15.3. The number of benzene rings is 3. The number of ether oxygens (including phenoxy) is 3. The molecule has 0 radical (unpaired) electrons. The van der Waals surface area contributed by atoms with Crippen molar-refractivity contribution in [1.82, 2.24) is 10.9 Å². The quantitative estimate of drug-likeness (QED) is 0.140. The molecule has 0 unspecified atom stereocenters. The number of nitrogens with one attached hydrogen (secondary N) is 2. The summed E-state index contributed by atoms with van der Waals surface area (Å²) in [7, 11) is -2.27. The molecule has 0 aromatic heterocycles. The molecule has 47 heavy (non-hydrogen) atoms. The first-order chi connectivity index (χ1) is 22.7. The molecule has 12 heteroatoms. The summed E-state index contributed by atoms with van der Waals surface area (Å²) in [4.78, 5) is 19.4. The van der Waals surface area contributed by atoms with E-state index in [4.69, 9.17) is 24.3 Å². The van der Waals surface area contributed by atoms with Crippen LogP contribution in [-0.2, 0) is 19.4 Å². The van der Waals surface area contributed by atoms with Crippen molar-refractivity contribution >= 4 is 21.6 Å². The molecule has 3 aromatic rings. The van der Waals surface area contributed by atoms with Crippen LogP contribution >= 0.6 is 0 Å². The molecule has 1 heterocycles. The van der Waals surface area contributed by atoms with Gasteiger partial charge in [-0.05, 0) is 66.9 Å². The van der Waals surface area contributed by atoms with Gasteiger partial charge in [-0.1, -0.05) is 49.6 Å². The highest BCUT2D eigenvalue weighted by Crippen LogP contribution is 2.44. The third-order valence-electron chi connectivity index (χ3n) is 8.68. The number of hydrogen-bond acceptors (Lipinski definition) is 10.